The first kappa shape index (κ1) is 39.4. The van der Waals surface area contributed by atoms with E-state index in [1.807, 2.05) is 0 Å². The highest BCUT2D eigenvalue weighted by atomic mass is 15.2. The van der Waals surface area contributed by atoms with Gasteiger partial charge in [0.25, 0.3) is 20.1 Å². The zero-order valence-corrected chi connectivity index (χ0v) is 40.6. The number of anilines is 12. The fourth-order valence-electron chi connectivity index (χ4n) is 14.9. The van der Waals surface area contributed by atoms with Crippen molar-refractivity contribution in [2.24, 2.45) is 0 Å². The lowest BCUT2D eigenvalue weighted by Crippen LogP contribution is -2.75. The van der Waals surface area contributed by atoms with E-state index < -0.39 is 0 Å². The van der Waals surface area contributed by atoms with Gasteiger partial charge in [-0.2, -0.15) is 0 Å². The van der Waals surface area contributed by atoms with Crippen molar-refractivity contribution in [3.8, 4) is 0 Å². The first-order valence-corrected chi connectivity index (χ1v) is 25.7. The molecule has 72 heavy (non-hydrogen) atoms. The molecule has 0 aliphatic carbocycles. The minimum Gasteiger partial charge on any atom is -0.312 e. The molecule has 0 atom stereocenters. The molecule has 0 N–H and O–H groups in total. The van der Waals surface area contributed by atoms with Crippen molar-refractivity contribution < 1.29 is 0 Å². The fourth-order valence-corrected chi connectivity index (χ4v) is 14.9. The summed E-state index contributed by atoms with van der Waals surface area (Å²) in [4.78, 5) is 10.7. The van der Waals surface area contributed by atoms with Crippen molar-refractivity contribution in [2.45, 2.75) is 27.7 Å². The number of rotatable bonds is 2. The van der Waals surface area contributed by atoms with E-state index in [1.165, 1.54) is 150 Å². The molecular weight excluding hydrogens is 868 g/mol. The summed E-state index contributed by atoms with van der Waals surface area (Å²) in [5, 5.41) is 0. The molecule has 0 fully saturated rings. The van der Waals surface area contributed by atoms with Gasteiger partial charge in [0.15, 0.2) is 0 Å². The third-order valence-corrected chi connectivity index (χ3v) is 17.7. The molecule has 10 aromatic rings. The van der Waals surface area contributed by atoms with Crippen molar-refractivity contribution in [1.29, 1.82) is 0 Å². The summed E-state index contributed by atoms with van der Waals surface area (Å²) in [7, 11) is 0. The molecule has 0 radical (unpaired) electrons. The van der Waals surface area contributed by atoms with Crippen molar-refractivity contribution >= 4 is 161 Å². The van der Waals surface area contributed by atoms with E-state index >= 15 is 0 Å². The quantitative estimate of drug-likeness (QED) is 0.173. The minimum absolute atomic E-state index is 0.0137. The summed E-state index contributed by atoms with van der Waals surface area (Å²) in [6.45, 7) is 9.18. The van der Waals surface area contributed by atoms with Gasteiger partial charge < -0.3 is 19.6 Å². The molecule has 0 bridgehead atoms. The molecule has 0 amide bonds. The Morgan fingerprint density at radius 1 is 0.250 bits per heavy atom. The smallest absolute Gasteiger partial charge is 0.252 e. The Kier molecular flexibility index (Phi) is 7.52. The van der Waals surface area contributed by atoms with E-state index in [-0.39, 0.29) is 26.9 Å². The van der Waals surface area contributed by atoms with E-state index in [2.05, 4.69) is 241 Å². The van der Waals surface area contributed by atoms with E-state index in [9.17, 15) is 0 Å². The van der Waals surface area contributed by atoms with Crippen LogP contribution in [0, 0.1) is 27.7 Å². The molecule has 4 nitrogen and oxygen atoms in total. The molecule has 7 heterocycles. The first-order valence-electron chi connectivity index (χ1n) is 25.7. The topological polar surface area (TPSA) is 13.0 Å². The highest BCUT2D eigenvalue weighted by molar-refractivity contribution is 7.09. The standard InChI is InChI=1S/C64H44B4N4/c1-37-30-31-47-56(32-37)71-54-28-16-10-22-44(54)66-45-23-11-17-29-55(45)72-58-36-57-49(65(48-34-39(3)38(2)33-40(48)4)42-20-8-13-25-51(42)69(57)41-18-6-5-7-19-41)35-50(58)68-46-24-12-15-27-53(46)70-52-26-14-9-21-43(52)67(47)59-62(70)61(68)64(72)60(66)63(59)71/h5-36H,1-4H3. The molecule has 332 valence electrons. The molecule has 10 aromatic carbocycles. The van der Waals surface area contributed by atoms with Crippen LogP contribution in [-0.2, 0) is 0 Å². The molecule has 0 spiro atoms. The third kappa shape index (κ3) is 4.70. The highest BCUT2D eigenvalue weighted by Crippen LogP contribution is 2.52. The first-order chi connectivity index (χ1) is 35.4. The molecule has 0 unspecified atom stereocenters. The largest absolute Gasteiger partial charge is 0.312 e. The lowest BCUT2D eigenvalue weighted by atomic mass is 9.24. The lowest BCUT2D eigenvalue weighted by Gasteiger charge is -2.56. The van der Waals surface area contributed by atoms with Crippen molar-refractivity contribution in [1.82, 2.24) is 0 Å². The van der Waals surface area contributed by atoms with Gasteiger partial charge in [0.2, 0.25) is 6.71 Å². The van der Waals surface area contributed by atoms with Crippen LogP contribution in [0.15, 0.2) is 194 Å². The Hall–Kier alpha value is -8.34. The number of para-hydroxylation sites is 6. The summed E-state index contributed by atoms with van der Waals surface area (Å²) in [5.74, 6) is 0. The summed E-state index contributed by atoms with van der Waals surface area (Å²) >= 11 is 0. The zero-order chi connectivity index (χ0) is 47.4. The Morgan fingerprint density at radius 2 is 0.625 bits per heavy atom. The number of aryl methyl sites for hydroxylation is 4. The highest BCUT2D eigenvalue weighted by Gasteiger charge is 2.57. The van der Waals surface area contributed by atoms with Crippen molar-refractivity contribution in [3.05, 3.63) is 216 Å². The number of hydrogen-bond donors (Lipinski definition) is 0. The molecule has 17 rings (SSSR count). The average molecular weight is 912 g/mol. The van der Waals surface area contributed by atoms with Gasteiger partial charge in [-0.25, -0.2) is 0 Å². The molecular formula is C64H44B4N4. The normalized spacial score (nSPS) is 14.7. The lowest BCUT2D eigenvalue weighted by molar-refractivity contribution is 1.22. The number of hydrogen-bond acceptors (Lipinski definition) is 4. The fraction of sp³-hybridized carbons (Fsp3) is 0.0625. The second kappa shape index (κ2) is 13.7. The minimum atomic E-state index is -0.0359. The van der Waals surface area contributed by atoms with E-state index in [0.717, 1.165) is 5.69 Å². The van der Waals surface area contributed by atoms with Crippen LogP contribution in [0.5, 0.6) is 0 Å². The van der Waals surface area contributed by atoms with Gasteiger partial charge in [-0.05, 0) is 159 Å². The van der Waals surface area contributed by atoms with Gasteiger partial charge in [-0.15, -0.1) is 0 Å². The predicted octanol–water partition coefficient (Wildman–Crippen LogP) is 7.06. The van der Waals surface area contributed by atoms with Crippen LogP contribution in [0.25, 0.3) is 0 Å². The number of fused-ring (bicyclic) bond motifs is 20. The van der Waals surface area contributed by atoms with Gasteiger partial charge >= 0.3 is 0 Å². The maximum absolute atomic E-state index is 2.73. The summed E-state index contributed by atoms with van der Waals surface area (Å²) in [5.41, 5.74) is 37.1. The summed E-state index contributed by atoms with van der Waals surface area (Å²) in [6.07, 6.45) is 0. The molecule has 0 aromatic heterocycles. The van der Waals surface area contributed by atoms with Gasteiger partial charge in [0, 0.05) is 68.2 Å². The summed E-state index contributed by atoms with van der Waals surface area (Å²) in [6, 6.07) is 75.1. The molecule has 8 heteroatoms. The van der Waals surface area contributed by atoms with E-state index in [1.54, 1.807) is 0 Å². The molecule has 0 saturated heterocycles. The number of nitrogens with zero attached hydrogens (tertiary/aromatic N) is 4. The monoisotopic (exact) mass is 912 g/mol. The second-order valence-electron chi connectivity index (χ2n) is 21.3. The van der Waals surface area contributed by atoms with E-state index in [4.69, 9.17) is 0 Å². The maximum Gasteiger partial charge on any atom is 0.252 e. The van der Waals surface area contributed by atoms with Gasteiger partial charge in [-0.3, -0.25) is 0 Å². The molecule has 7 aliphatic rings. The Labute approximate surface area is 422 Å². The Bertz CT molecular complexity index is 4130. The van der Waals surface area contributed by atoms with Crippen LogP contribution in [0.1, 0.15) is 22.3 Å². The third-order valence-electron chi connectivity index (χ3n) is 17.7. The SMILES string of the molecule is Cc1ccc2c(c1)N1c3ccccc3B3c4ccccc4N4c5cc6c(cc5B5c7ccccc7N7c8ccccc8B2c2c7c5c4c3c21)B(c1cc(C)c(C)cc1C)c1ccccc1N6c1ccccc1. The molecule has 0 saturated carbocycles. The van der Waals surface area contributed by atoms with Crippen LogP contribution in [0.4, 0.5) is 68.2 Å². The predicted molar refractivity (Wildman–Crippen MR) is 309 cm³/mol. The Morgan fingerprint density at radius 3 is 1.15 bits per heavy atom. The van der Waals surface area contributed by atoms with Crippen LogP contribution in [-0.4, -0.2) is 26.9 Å². The van der Waals surface area contributed by atoms with E-state index in [0.29, 0.717) is 0 Å². The van der Waals surface area contributed by atoms with Crippen LogP contribution >= 0.6 is 0 Å². The maximum atomic E-state index is 2.73. The van der Waals surface area contributed by atoms with Crippen molar-refractivity contribution in [3.63, 3.8) is 0 Å². The van der Waals surface area contributed by atoms with Crippen LogP contribution in [0.2, 0.25) is 0 Å². The summed E-state index contributed by atoms with van der Waals surface area (Å²) < 4.78 is 0. The zero-order valence-electron chi connectivity index (χ0n) is 40.6. The van der Waals surface area contributed by atoms with Crippen molar-refractivity contribution in [2.75, 3.05) is 19.6 Å². The Balaban J connectivity index is 1.06. The number of benzene rings is 10. The second-order valence-corrected chi connectivity index (χ2v) is 21.3. The molecule has 7 aliphatic heterocycles. The van der Waals surface area contributed by atoms with Gasteiger partial charge in [0.05, 0.1) is 0 Å². The van der Waals surface area contributed by atoms with Gasteiger partial charge in [-0.1, -0.05) is 151 Å². The average Bonchev–Trinajstić information content (AvgIpc) is 3.42. The van der Waals surface area contributed by atoms with Crippen LogP contribution in [0.3, 0.4) is 0 Å². The van der Waals surface area contributed by atoms with Gasteiger partial charge in [0.1, 0.15) is 0 Å². The van der Waals surface area contributed by atoms with Crippen LogP contribution < -0.4 is 85.2 Å².